The number of rotatable bonds is 3. The zero-order valence-corrected chi connectivity index (χ0v) is 10.5. The third kappa shape index (κ3) is 1.79. The van der Waals surface area contributed by atoms with Crippen LogP contribution in [-0.4, -0.2) is 37.4 Å². The van der Waals surface area contributed by atoms with Crippen LogP contribution in [0.1, 0.15) is 32.6 Å². The monoisotopic (exact) mass is 226 g/mol. The second-order valence-electron chi connectivity index (χ2n) is 5.05. The molecule has 1 unspecified atom stereocenters. The fraction of sp³-hybridized carbons (Fsp3) is 0.917. The Kier molecular flexibility index (Phi) is 3.10. The number of amides is 2. The Balaban J connectivity index is 2.03. The summed E-state index contributed by atoms with van der Waals surface area (Å²) in [5, 5.41) is 3.07. The highest BCUT2D eigenvalue weighted by molar-refractivity contribution is 5.75. The number of nitrogens with one attached hydrogen (secondary N) is 1. The van der Waals surface area contributed by atoms with E-state index in [-0.39, 0.29) is 11.8 Å². The summed E-state index contributed by atoms with van der Waals surface area (Å²) in [5.41, 5.74) is -0.341. The summed E-state index contributed by atoms with van der Waals surface area (Å²) < 4.78 is 5.85. The van der Waals surface area contributed by atoms with Gasteiger partial charge < -0.3 is 15.0 Å². The highest BCUT2D eigenvalue weighted by atomic mass is 16.5. The van der Waals surface area contributed by atoms with Crippen LogP contribution in [0.3, 0.4) is 0 Å². The molecule has 2 rings (SSSR count). The molecule has 2 aliphatic rings. The molecule has 2 fully saturated rings. The number of nitrogens with zero attached hydrogens (tertiary/aromatic N) is 1. The van der Waals surface area contributed by atoms with Crippen molar-refractivity contribution in [2.75, 3.05) is 20.7 Å². The van der Waals surface area contributed by atoms with E-state index >= 15 is 0 Å². The van der Waals surface area contributed by atoms with Crippen LogP contribution < -0.4 is 5.32 Å². The van der Waals surface area contributed by atoms with Crippen LogP contribution >= 0.6 is 0 Å². The first-order chi connectivity index (χ1) is 7.62. The Morgan fingerprint density at radius 2 is 1.94 bits per heavy atom. The number of carbonyl (C=O) groups is 1. The van der Waals surface area contributed by atoms with Crippen LogP contribution in [0.15, 0.2) is 0 Å². The second kappa shape index (κ2) is 4.24. The van der Waals surface area contributed by atoms with E-state index in [1.54, 1.807) is 19.0 Å². The van der Waals surface area contributed by atoms with Crippen molar-refractivity contribution >= 4 is 6.03 Å². The molecule has 2 amide bonds. The first-order valence-corrected chi connectivity index (χ1v) is 6.25. The highest BCUT2D eigenvalue weighted by Crippen LogP contribution is 2.59. The summed E-state index contributed by atoms with van der Waals surface area (Å²) >= 11 is 0. The largest absolute Gasteiger partial charge is 0.355 e. The lowest BCUT2D eigenvalue weighted by atomic mass is 10.0. The molecule has 0 aromatic carbocycles. The third-order valence-electron chi connectivity index (χ3n) is 3.85. The van der Waals surface area contributed by atoms with Gasteiger partial charge in [0.25, 0.3) is 0 Å². The number of hydrogen-bond acceptors (Lipinski definition) is 2. The predicted molar refractivity (Wildman–Crippen MR) is 62.0 cm³/mol. The van der Waals surface area contributed by atoms with Gasteiger partial charge in [-0.1, -0.05) is 12.8 Å². The number of urea groups is 1. The van der Waals surface area contributed by atoms with Gasteiger partial charge in [0.05, 0.1) is 0 Å². The van der Waals surface area contributed by atoms with Gasteiger partial charge >= 0.3 is 6.03 Å². The van der Waals surface area contributed by atoms with Crippen LogP contribution in [0.25, 0.3) is 0 Å². The average Bonchev–Trinajstić information content (AvgIpc) is 2.87. The molecule has 3 atom stereocenters. The minimum atomic E-state index is -0.341. The summed E-state index contributed by atoms with van der Waals surface area (Å²) in [6.45, 7) is 2.66. The Hall–Kier alpha value is -0.770. The molecule has 1 N–H and O–H groups in total. The van der Waals surface area contributed by atoms with Crippen molar-refractivity contribution in [3.8, 4) is 0 Å². The number of carbonyl (C=O) groups excluding carboxylic acids is 1. The summed E-state index contributed by atoms with van der Waals surface area (Å²) in [6, 6.07) is -0.0390. The first-order valence-electron chi connectivity index (χ1n) is 6.25. The lowest BCUT2D eigenvalue weighted by molar-refractivity contribution is 0.000220. The summed E-state index contributed by atoms with van der Waals surface area (Å²) in [7, 11) is 3.53. The van der Waals surface area contributed by atoms with Crippen molar-refractivity contribution in [3.05, 3.63) is 0 Å². The van der Waals surface area contributed by atoms with Crippen LogP contribution in [0, 0.1) is 11.8 Å². The molecular weight excluding hydrogens is 204 g/mol. The maximum absolute atomic E-state index is 11.8. The van der Waals surface area contributed by atoms with Crippen molar-refractivity contribution in [3.63, 3.8) is 0 Å². The van der Waals surface area contributed by atoms with E-state index in [0.29, 0.717) is 18.4 Å². The standard InChI is InChI=1S/C12H22N2O2/c1-4-16-12(13-11(15)14(2)3)9-7-5-6-8-10(9)12/h9-10H,4-8H2,1-3H3,(H,13,15)/t9-,10+,12?. The van der Waals surface area contributed by atoms with Gasteiger partial charge in [0.2, 0.25) is 0 Å². The van der Waals surface area contributed by atoms with Gasteiger partial charge in [-0.25, -0.2) is 4.79 Å². The molecule has 4 nitrogen and oxygen atoms in total. The topological polar surface area (TPSA) is 41.6 Å². The number of ether oxygens (including phenoxy) is 1. The van der Waals surface area contributed by atoms with Crippen LogP contribution in [-0.2, 0) is 4.74 Å². The van der Waals surface area contributed by atoms with Crippen molar-refractivity contribution in [2.45, 2.75) is 38.3 Å². The first kappa shape index (κ1) is 11.7. The van der Waals surface area contributed by atoms with Crippen molar-refractivity contribution < 1.29 is 9.53 Å². The molecule has 0 saturated heterocycles. The molecule has 0 bridgehead atoms. The van der Waals surface area contributed by atoms with E-state index in [1.165, 1.54) is 25.7 Å². The molecule has 0 aliphatic heterocycles. The van der Waals surface area contributed by atoms with Gasteiger partial charge in [-0.05, 0) is 19.8 Å². The Labute approximate surface area is 97.3 Å². The quantitative estimate of drug-likeness (QED) is 0.746. The highest BCUT2D eigenvalue weighted by Gasteiger charge is 2.67. The molecule has 92 valence electrons. The molecule has 0 aromatic heterocycles. The minimum absolute atomic E-state index is 0.0390. The van der Waals surface area contributed by atoms with Gasteiger partial charge in [0, 0.05) is 32.5 Å². The lowest BCUT2D eigenvalue weighted by Crippen LogP contribution is -2.46. The average molecular weight is 226 g/mol. The summed E-state index contributed by atoms with van der Waals surface area (Å²) in [4.78, 5) is 13.3. The molecule has 2 aliphatic carbocycles. The van der Waals surface area contributed by atoms with Crippen LogP contribution in [0.5, 0.6) is 0 Å². The molecule has 2 saturated carbocycles. The van der Waals surface area contributed by atoms with Crippen molar-refractivity contribution in [1.82, 2.24) is 10.2 Å². The number of hydrogen-bond donors (Lipinski definition) is 1. The van der Waals surface area contributed by atoms with Crippen LogP contribution in [0.2, 0.25) is 0 Å². The lowest BCUT2D eigenvalue weighted by Gasteiger charge is -2.22. The maximum atomic E-state index is 11.8. The van der Waals surface area contributed by atoms with Gasteiger partial charge in [-0.15, -0.1) is 0 Å². The number of fused-ring (bicyclic) bond motifs is 1. The molecule has 0 heterocycles. The fourth-order valence-electron chi connectivity index (χ4n) is 3.02. The van der Waals surface area contributed by atoms with Gasteiger partial charge in [-0.2, -0.15) is 0 Å². The fourth-order valence-corrected chi connectivity index (χ4v) is 3.02. The molecule has 0 aromatic rings. The summed E-state index contributed by atoms with van der Waals surface area (Å²) in [6.07, 6.45) is 4.93. The van der Waals surface area contributed by atoms with Gasteiger partial charge in [-0.3, -0.25) is 0 Å². The molecule has 4 heteroatoms. The van der Waals surface area contributed by atoms with Crippen molar-refractivity contribution in [2.24, 2.45) is 11.8 Å². The molecule has 0 spiro atoms. The maximum Gasteiger partial charge on any atom is 0.319 e. The third-order valence-corrected chi connectivity index (χ3v) is 3.85. The summed E-state index contributed by atoms with van der Waals surface area (Å²) in [5.74, 6) is 1.09. The van der Waals surface area contributed by atoms with Crippen molar-refractivity contribution in [1.29, 1.82) is 0 Å². The minimum Gasteiger partial charge on any atom is -0.355 e. The van der Waals surface area contributed by atoms with E-state index in [9.17, 15) is 4.79 Å². The van der Waals surface area contributed by atoms with E-state index in [2.05, 4.69) is 5.32 Å². The Bertz CT molecular complexity index is 266. The normalized spacial score (nSPS) is 36.4. The molecule has 16 heavy (non-hydrogen) atoms. The van der Waals surface area contributed by atoms with Gasteiger partial charge in [0.1, 0.15) is 5.72 Å². The van der Waals surface area contributed by atoms with Crippen LogP contribution in [0.4, 0.5) is 4.79 Å². The Morgan fingerprint density at radius 3 is 2.38 bits per heavy atom. The zero-order chi connectivity index (χ0) is 11.8. The van der Waals surface area contributed by atoms with E-state index < -0.39 is 0 Å². The molecular formula is C12H22N2O2. The Morgan fingerprint density at radius 1 is 1.38 bits per heavy atom. The molecule has 0 radical (unpaired) electrons. The van der Waals surface area contributed by atoms with E-state index in [4.69, 9.17) is 4.74 Å². The van der Waals surface area contributed by atoms with Gasteiger partial charge in [0.15, 0.2) is 0 Å². The van der Waals surface area contributed by atoms with E-state index in [0.717, 1.165) is 0 Å². The predicted octanol–water partition coefficient (Wildman–Crippen LogP) is 1.81. The zero-order valence-electron chi connectivity index (χ0n) is 10.5. The SMILES string of the molecule is CCOC1(NC(=O)N(C)C)[C@@H]2CCCC[C@@H]21. The smallest absolute Gasteiger partial charge is 0.319 e. The second-order valence-corrected chi connectivity index (χ2v) is 5.05. The van der Waals surface area contributed by atoms with E-state index in [1.807, 2.05) is 6.92 Å².